The minimum atomic E-state index is -1.26. The maximum absolute atomic E-state index is 15.6. The van der Waals surface area contributed by atoms with E-state index in [9.17, 15) is 14.9 Å². The van der Waals surface area contributed by atoms with Gasteiger partial charge in [0.15, 0.2) is 5.78 Å². The van der Waals surface area contributed by atoms with Crippen molar-refractivity contribution < 1.29 is 14.0 Å². The van der Waals surface area contributed by atoms with Crippen molar-refractivity contribution in [1.82, 2.24) is 10.6 Å². The van der Waals surface area contributed by atoms with Gasteiger partial charge in [-0.3, -0.25) is 9.59 Å². The number of rotatable bonds is 8. The van der Waals surface area contributed by atoms with Crippen LogP contribution in [0.5, 0.6) is 0 Å². The van der Waals surface area contributed by atoms with E-state index < -0.39 is 29.2 Å². The van der Waals surface area contributed by atoms with Crippen molar-refractivity contribution >= 4 is 34.9 Å². The molecule has 4 atom stereocenters. The third kappa shape index (κ3) is 5.91. The van der Waals surface area contributed by atoms with Crippen molar-refractivity contribution in [3.63, 3.8) is 0 Å². The van der Waals surface area contributed by atoms with Gasteiger partial charge in [0.1, 0.15) is 11.2 Å². The fourth-order valence-corrected chi connectivity index (χ4v) is 5.53. The van der Waals surface area contributed by atoms with E-state index in [1.807, 2.05) is 0 Å². The summed E-state index contributed by atoms with van der Waals surface area (Å²) >= 11 is 12.3. The molecule has 5 nitrogen and oxygen atoms in total. The summed E-state index contributed by atoms with van der Waals surface area (Å²) < 4.78 is 15.6. The molecule has 2 aromatic rings. The Bertz CT molecular complexity index is 1160. The zero-order valence-corrected chi connectivity index (χ0v) is 22.5. The minimum absolute atomic E-state index is 0.0634. The molecular weight excluding hydrogens is 500 g/mol. The molecule has 2 N–H and O–H groups in total. The van der Waals surface area contributed by atoms with E-state index in [0.29, 0.717) is 30.0 Å². The van der Waals surface area contributed by atoms with Gasteiger partial charge in [0, 0.05) is 36.9 Å². The lowest BCUT2D eigenvalue weighted by atomic mass is 9.62. The van der Waals surface area contributed by atoms with Gasteiger partial charge in [-0.25, -0.2) is 4.39 Å². The molecule has 0 aliphatic carbocycles. The number of hydrogen-bond acceptors (Lipinski definition) is 4. The lowest BCUT2D eigenvalue weighted by molar-refractivity contribution is -0.122. The van der Waals surface area contributed by atoms with Crippen LogP contribution in [0.3, 0.4) is 0 Å². The first-order chi connectivity index (χ1) is 16.9. The number of nitrogens with one attached hydrogen (secondary N) is 2. The van der Waals surface area contributed by atoms with Crippen molar-refractivity contribution in [3.05, 3.63) is 69.5 Å². The van der Waals surface area contributed by atoms with E-state index in [-0.39, 0.29) is 34.1 Å². The molecule has 0 unspecified atom stereocenters. The Kier molecular flexibility index (Phi) is 8.82. The van der Waals surface area contributed by atoms with Crippen molar-refractivity contribution in [3.8, 4) is 6.07 Å². The molecule has 0 bridgehead atoms. The van der Waals surface area contributed by atoms with Crippen molar-refractivity contribution in [1.29, 1.82) is 5.26 Å². The molecule has 192 valence electrons. The predicted octanol–water partition coefficient (Wildman–Crippen LogP) is 5.94. The molecule has 1 aliphatic rings. The molecule has 0 aromatic heterocycles. The summed E-state index contributed by atoms with van der Waals surface area (Å²) in [6, 6.07) is 12.9. The van der Waals surface area contributed by atoms with E-state index in [0.717, 1.165) is 0 Å². The van der Waals surface area contributed by atoms with Gasteiger partial charge in [-0.15, -0.1) is 0 Å². The van der Waals surface area contributed by atoms with E-state index in [1.165, 1.54) is 13.0 Å². The zero-order chi connectivity index (χ0) is 26.7. The molecule has 3 rings (SSSR count). The summed E-state index contributed by atoms with van der Waals surface area (Å²) in [6.07, 6.45) is 1.17. The number of nitriles is 1. The van der Waals surface area contributed by atoms with Crippen molar-refractivity contribution in [2.75, 3.05) is 6.54 Å². The maximum atomic E-state index is 15.6. The van der Waals surface area contributed by atoms with Crippen LogP contribution in [0.2, 0.25) is 10.0 Å². The highest BCUT2D eigenvalue weighted by Gasteiger charge is 2.59. The third-order valence-electron chi connectivity index (χ3n) is 6.71. The van der Waals surface area contributed by atoms with E-state index in [4.69, 9.17) is 23.2 Å². The lowest BCUT2D eigenvalue weighted by Crippen LogP contribution is -2.44. The second-order valence-electron chi connectivity index (χ2n) is 10.6. The van der Waals surface area contributed by atoms with E-state index in [1.54, 1.807) is 36.4 Å². The molecule has 8 heteroatoms. The third-order valence-corrected chi connectivity index (χ3v) is 7.26. The summed E-state index contributed by atoms with van der Waals surface area (Å²) in [4.78, 5) is 24.8. The topological polar surface area (TPSA) is 82.0 Å². The molecule has 0 saturated carbocycles. The highest BCUT2D eigenvalue weighted by Crippen LogP contribution is 2.52. The number of carbonyl (C=O) groups excluding carboxylic acids is 2. The second kappa shape index (κ2) is 11.3. The van der Waals surface area contributed by atoms with Crippen LogP contribution in [0, 0.1) is 22.6 Å². The van der Waals surface area contributed by atoms with Crippen LogP contribution in [-0.4, -0.2) is 30.3 Å². The standard InChI is InChI=1S/C28H32Cl2FN3O2/c1-17(35)33-14-6-9-22(36)26-24(20-7-5-8-21(30)25(20)31)28(16-32,18-10-12-19(29)13-11-18)23(34-26)15-27(2,3)4/h5,7-8,10-13,23-24,26,34H,6,9,14-15H2,1-4H3,(H,33,35)/t23-,24-,26-,28-/m0/s1. The zero-order valence-electron chi connectivity index (χ0n) is 21.0. The summed E-state index contributed by atoms with van der Waals surface area (Å²) in [5.41, 5.74) is -0.564. The molecule has 1 heterocycles. The van der Waals surface area contributed by atoms with Gasteiger partial charge < -0.3 is 10.6 Å². The van der Waals surface area contributed by atoms with Crippen LogP contribution < -0.4 is 10.6 Å². The summed E-state index contributed by atoms with van der Waals surface area (Å²) in [5, 5.41) is 17.4. The van der Waals surface area contributed by atoms with E-state index >= 15 is 4.39 Å². The summed E-state index contributed by atoms with van der Waals surface area (Å²) in [7, 11) is 0. The van der Waals surface area contributed by atoms with Gasteiger partial charge in [-0.2, -0.15) is 5.26 Å². The van der Waals surface area contributed by atoms with Crippen molar-refractivity contribution in [2.24, 2.45) is 5.41 Å². The van der Waals surface area contributed by atoms with Crippen LogP contribution in [0.25, 0.3) is 0 Å². The van der Waals surface area contributed by atoms with Crippen LogP contribution in [0.4, 0.5) is 4.39 Å². The van der Waals surface area contributed by atoms with Crippen LogP contribution in [0.15, 0.2) is 42.5 Å². The molecule has 36 heavy (non-hydrogen) atoms. The monoisotopic (exact) mass is 531 g/mol. The summed E-state index contributed by atoms with van der Waals surface area (Å²) in [6.45, 7) is 7.97. The Hall–Kier alpha value is -2.46. The highest BCUT2D eigenvalue weighted by molar-refractivity contribution is 6.31. The Morgan fingerprint density at radius 3 is 2.42 bits per heavy atom. The van der Waals surface area contributed by atoms with Gasteiger partial charge in [0.2, 0.25) is 5.91 Å². The second-order valence-corrected chi connectivity index (χ2v) is 11.5. The first-order valence-corrected chi connectivity index (χ1v) is 12.8. The number of hydrogen-bond donors (Lipinski definition) is 2. The Labute approximate surface area is 222 Å². The number of benzene rings is 2. The van der Waals surface area contributed by atoms with Gasteiger partial charge in [0.05, 0.1) is 17.1 Å². The average molecular weight is 532 g/mol. The fraction of sp³-hybridized carbons (Fsp3) is 0.464. The molecule has 1 saturated heterocycles. The Morgan fingerprint density at radius 2 is 1.83 bits per heavy atom. The molecule has 0 radical (unpaired) electrons. The van der Waals surface area contributed by atoms with E-state index in [2.05, 4.69) is 37.5 Å². The smallest absolute Gasteiger partial charge is 0.216 e. The number of ketones is 1. The SMILES string of the molecule is CC(=O)NCCCC(=O)[C@@H]1N[C@@H](CC(C)(C)C)[C@](C#N)(c2ccc(Cl)cc2)[C@H]1c1cccc(Cl)c1F. The van der Waals surface area contributed by atoms with Gasteiger partial charge in [-0.05, 0) is 47.6 Å². The predicted molar refractivity (Wildman–Crippen MR) is 141 cm³/mol. The fourth-order valence-electron chi connectivity index (χ4n) is 5.22. The van der Waals surface area contributed by atoms with Gasteiger partial charge in [-0.1, -0.05) is 68.2 Å². The maximum Gasteiger partial charge on any atom is 0.216 e. The van der Waals surface area contributed by atoms with Crippen LogP contribution in [0.1, 0.15) is 64.0 Å². The normalized spacial score (nSPS) is 23.8. The minimum Gasteiger partial charge on any atom is -0.356 e. The highest BCUT2D eigenvalue weighted by atomic mass is 35.5. The first kappa shape index (κ1) is 28.1. The Morgan fingerprint density at radius 1 is 1.17 bits per heavy atom. The quantitative estimate of drug-likeness (QED) is 0.413. The summed E-state index contributed by atoms with van der Waals surface area (Å²) in [5.74, 6) is -1.78. The Balaban J connectivity index is 2.18. The average Bonchev–Trinajstić information content (AvgIpc) is 3.12. The number of nitrogens with zero attached hydrogens (tertiary/aromatic N) is 1. The number of Topliss-reactive ketones (excluding diaryl/α,β-unsaturated/α-hetero) is 1. The lowest BCUT2D eigenvalue weighted by Gasteiger charge is -2.37. The molecule has 1 amide bonds. The van der Waals surface area contributed by atoms with Crippen molar-refractivity contribution in [2.45, 2.75) is 70.4 Å². The number of carbonyl (C=O) groups is 2. The molecule has 0 spiro atoms. The molecule has 1 aliphatic heterocycles. The molecular formula is C28H32Cl2FN3O2. The van der Waals surface area contributed by atoms with Crippen LogP contribution >= 0.6 is 23.2 Å². The number of amides is 1. The largest absolute Gasteiger partial charge is 0.356 e. The number of halogens is 3. The van der Waals surface area contributed by atoms with Gasteiger partial charge >= 0.3 is 0 Å². The van der Waals surface area contributed by atoms with Crippen LogP contribution in [-0.2, 0) is 15.0 Å². The molecule has 2 aromatic carbocycles. The van der Waals surface area contributed by atoms with Gasteiger partial charge in [0.25, 0.3) is 0 Å². The molecule has 1 fully saturated rings. The first-order valence-electron chi connectivity index (χ1n) is 12.0.